The predicted octanol–water partition coefficient (Wildman–Crippen LogP) is 3.14. The molecule has 37 heavy (non-hydrogen) atoms. The number of nitrogens with one attached hydrogen (secondary N) is 2. The largest absolute Gasteiger partial charge is 0.381 e. The first kappa shape index (κ1) is 25.9. The summed E-state index contributed by atoms with van der Waals surface area (Å²) < 4.78 is 28.6. The number of aryl methyl sites for hydroxylation is 1. The highest BCUT2D eigenvalue weighted by Crippen LogP contribution is 2.23. The molecule has 2 atom stereocenters. The molecule has 0 saturated heterocycles. The fraction of sp³-hybridized carbons (Fsp3) is 0.143. The normalized spacial score (nSPS) is 13.0. The van der Waals surface area contributed by atoms with Crippen LogP contribution in [0, 0.1) is 6.92 Å². The van der Waals surface area contributed by atoms with Gasteiger partial charge in [0.15, 0.2) is 6.10 Å². The lowest BCUT2D eigenvalue weighted by molar-refractivity contribution is -0.127. The molecular formula is C28H27N3O5S. The molecule has 0 heterocycles. The summed E-state index contributed by atoms with van der Waals surface area (Å²) in [5.41, 5.74) is 7.06. The van der Waals surface area contributed by atoms with Crippen LogP contribution in [-0.2, 0) is 21.2 Å². The third-order valence-electron chi connectivity index (χ3n) is 6.05. The molecule has 9 heteroatoms. The van der Waals surface area contributed by atoms with Crippen LogP contribution < -0.4 is 15.8 Å². The van der Waals surface area contributed by atoms with Crippen molar-refractivity contribution in [2.45, 2.75) is 30.4 Å². The molecule has 0 aliphatic heterocycles. The minimum absolute atomic E-state index is 0.0882. The molecule has 1 unspecified atom stereocenters. The van der Waals surface area contributed by atoms with Crippen molar-refractivity contribution in [2.75, 3.05) is 4.72 Å². The van der Waals surface area contributed by atoms with Crippen LogP contribution in [0.15, 0.2) is 95.9 Å². The smallest absolute Gasteiger partial charge is 0.261 e. The first-order valence-electron chi connectivity index (χ1n) is 11.6. The zero-order chi connectivity index (χ0) is 26.6. The Bertz CT molecular complexity index is 1550. The van der Waals surface area contributed by atoms with Crippen LogP contribution in [0.3, 0.4) is 0 Å². The molecule has 4 rings (SSSR count). The van der Waals surface area contributed by atoms with Gasteiger partial charge in [-0.2, -0.15) is 0 Å². The van der Waals surface area contributed by atoms with Gasteiger partial charge in [-0.1, -0.05) is 66.7 Å². The van der Waals surface area contributed by atoms with Gasteiger partial charge in [-0.25, -0.2) is 8.42 Å². The van der Waals surface area contributed by atoms with Crippen LogP contribution in [0.2, 0.25) is 0 Å². The number of amides is 2. The van der Waals surface area contributed by atoms with Crippen LogP contribution in [-0.4, -0.2) is 37.5 Å². The van der Waals surface area contributed by atoms with Crippen LogP contribution in [0.4, 0.5) is 5.69 Å². The van der Waals surface area contributed by atoms with E-state index < -0.39 is 34.0 Å². The Morgan fingerprint density at radius 1 is 0.892 bits per heavy atom. The van der Waals surface area contributed by atoms with E-state index >= 15 is 0 Å². The number of hydrogen-bond donors (Lipinski definition) is 4. The van der Waals surface area contributed by atoms with E-state index in [1.54, 1.807) is 55.5 Å². The van der Waals surface area contributed by atoms with Crippen LogP contribution in [0.5, 0.6) is 0 Å². The molecule has 0 radical (unpaired) electrons. The number of primary amides is 1. The summed E-state index contributed by atoms with van der Waals surface area (Å²) in [4.78, 5) is 25.0. The van der Waals surface area contributed by atoms with Gasteiger partial charge in [-0.15, -0.1) is 0 Å². The minimum atomic E-state index is -3.93. The van der Waals surface area contributed by atoms with Crippen molar-refractivity contribution in [2.24, 2.45) is 5.73 Å². The summed E-state index contributed by atoms with van der Waals surface area (Å²) in [6.07, 6.45) is -1.44. The molecule has 8 nitrogen and oxygen atoms in total. The van der Waals surface area contributed by atoms with Gasteiger partial charge in [-0.05, 0) is 59.5 Å². The van der Waals surface area contributed by atoms with Crippen LogP contribution >= 0.6 is 0 Å². The highest BCUT2D eigenvalue weighted by molar-refractivity contribution is 7.92. The number of carbonyl (C=O) groups excluding carboxylic acids is 2. The Morgan fingerprint density at radius 3 is 2.27 bits per heavy atom. The maximum atomic E-state index is 13.2. The average molecular weight is 518 g/mol. The molecule has 190 valence electrons. The molecule has 2 amide bonds. The summed E-state index contributed by atoms with van der Waals surface area (Å²) in [5.74, 6) is -1.54. The van der Waals surface area contributed by atoms with Gasteiger partial charge in [-0.3, -0.25) is 14.3 Å². The third-order valence-corrected chi connectivity index (χ3v) is 7.43. The van der Waals surface area contributed by atoms with Crippen molar-refractivity contribution < 1.29 is 23.1 Å². The second kappa shape index (κ2) is 10.8. The first-order chi connectivity index (χ1) is 17.6. The molecule has 0 aliphatic carbocycles. The number of nitrogens with two attached hydrogens (primary N) is 1. The molecule has 0 fully saturated rings. The summed E-state index contributed by atoms with van der Waals surface area (Å²) in [5, 5.41) is 14.7. The summed E-state index contributed by atoms with van der Waals surface area (Å²) in [6, 6.07) is 24.9. The summed E-state index contributed by atoms with van der Waals surface area (Å²) >= 11 is 0. The van der Waals surface area contributed by atoms with Gasteiger partial charge in [0.25, 0.3) is 15.9 Å². The SMILES string of the molecule is Cc1ccc(NS(=O)(=O)c2ccc3ccccc3c2)cc1C(=O)NC(Cc1ccccc1)[C@H](O)C(N)=O. The van der Waals surface area contributed by atoms with E-state index in [-0.39, 0.29) is 22.6 Å². The monoisotopic (exact) mass is 517 g/mol. The number of aliphatic hydroxyl groups excluding tert-OH is 1. The summed E-state index contributed by atoms with van der Waals surface area (Å²) in [7, 11) is -3.93. The van der Waals surface area contributed by atoms with E-state index in [1.165, 1.54) is 12.1 Å². The fourth-order valence-electron chi connectivity index (χ4n) is 4.03. The van der Waals surface area contributed by atoms with E-state index in [1.807, 2.05) is 30.3 Å². The van der Waals surface area contributed by atoms with Crippen molar-refractivity contribution in [1.29, 1.82) is 0 Å². The van der Waals surface area contributed by atoms with E-state index in [2.05, 4.69) is 10.0 Å². The number of benzene rings is 4. The zero-order valence-corrected chi connectivity index (χ0v) is 20.9. The molecule has 4 aromatic carbocycles. The van der Waals surface area contributed by atoms with Crippen molar-refractivity contribution in [3.05, 3.63) is 108 Å². The Kier molecular flexibility index (Phi) is 7.56. The maximum Gasteiger partial charge on any atom is 0.261 e. The highest BCUT2D eigenvalue weighted by Gasteiger charge is 2.27. The maximum absolute atomic E-state index is 13.2. The molecule has 0 saturated carbocycles. The van der Waals surface area contributed by atoms with Crippen LogP contribution in [0.25, 0.3) is 10.8 Å². The quantitative estimate of drug-likeness (QED) is 0.270. The number of hydrogen-bond acceptors (Lipinski definition) is 5. The topological polar surface area (TPSA) is 139 Å². The van der Waals surface area contributed by atoms with E-state index in [9.17, 15) is 23.1 Å². The van der Waals surface area contributed by atoms with Gasteiger partial charge >= 0.3 is 0 Å². The lowest BCUT2D eigenvalue weighted by atomic mass is 9.99. The standard InChI is InChI=1S/C28H27N3O5S/c1-18-11-13-22(31-37(35,36)23-14-12-20-9-5-6-10-21(20)16-23)17-24(18)28(34)30-25(26(32)27(29)33)15-19-7-3-2-4-8-19/h2-14,16-17,25-26,31-32H,15H2,1H3,(H2,29,33)(H,30,34)/t25?,26-/m0/s1. The molecule has 0 bridgehead atoms. The van der Waals surface area contributed by atoms with E-state index in [0.717, 1.165) is 16.3 Å². The second-order valence-electron chi connectivity index (χ2n) is 8.76. The van der Waals surface area contributed by atoms with Crippen molar-refractivity contribution >= 4 is 38.3 Å². The molecular weight excluding hydrogens is 490 g/mol. The molecule has 0 spiro atoms. The number of aliphatic hydroxyl groups is 1. The number of carbonyl (C=O) groups is 2. The van der Waals surface area contributed by atoms with Crippen molar-refractivity contribution in [3.8, 4) is 0 Å². The number of sulfonamides is 1. The Morgan fingerprint density at radius 2 is 1.57 bits per heavy atom. The second-order valence-corrected chi connectivity index (χ2v) is 10.4. The van der Waals surface area contributed by atoms with Gasteiger partial charge in [0.05, 0.1) is 10.9 Å². The fourth-order valence-corrected chi connectivity index (χ4v) is 5.12. The number of rotatable bonds is 9. The lowest BCUT2D eigenvalue weighted by Gasteiger charge is -2.23. The van der Waals surface area contributed by atoms with Crippen molar-refractivity contribution in [1.82, 2.24) is 5.32 Å². The number of anilines is 1. The minimum Gasteiger partial charge on any atom is -0.381 e. The first-order valence-corrected chi connectivity index (χ1v) is 13.1. The Balaban J connectivity index is 1.57. The molecule has 4 aromatic rings. The van der Waals surface area contributed by atoms with Gasteiger partial charge in [0.2, 0.25) is 5.91 Å². The Labute approximate surface area is 215 Å². The summed E-state index contributed by atoms with van der Waals surface area (Å²) in [6.45, 7) is 1.70. The van der Waals surface area contributed by atoms with Gasteiger partial charge in [0.1, 0.15) is 0 Å². The molecule has 0 aliphatic rings. The molecule has 5 N–H and O–H groups in total. The van der Waals surface area contributed by atoms with Crippen LogP contribution in [0.1, 0.15) is 21.5 Å². The van der Waals surface area contributed by atoms with Gasteiger partial charge < -0.3 is 16.2 Å². The number of fused-ring (bicyclic) bond motifs is 1. The predicted molar refractivity (Wildman–Crippen MR) is 143 cm³/mol. The third kappa shape index (κ3) is 6.14. The Hall–Kier alpha value is -4.21. The van der Waals surface area contributed by atoms with Gasteiger partial charge in [0, 0.05) is 11.3 Å². The molecule has 0 aromatic heterocycles. The highest BCUT2D eigenvalue weighted by atomic mass is 32.2. The lowest BCUT2D eigenvalue weighted by Crippen LogP contribution is -2.50. The van der Waals surface area contributed by atoms with E-state index in [4.69, 9.17) is 5.73 Å². The van der Waals surface area contributed by atoms with E-state index in [0.29, 0.717) is 5.56 Å². The van der Waals surface area contributed by atoms with Crippen molar-refractivity contribution in [3.63, 3.8) is 0 Å². The zero-order valence-electron chi connectivity index (χ0n) is 20.1. The average Bonchev–Trinajstić information content (AvgIpc) is 2.89.